The second-order valence-corrected chi connectivity index (χ2v) is 5.47. The molecule has 0 aliphatic carbocycles. The third kappa shape index (κ3) is 2.28. The Morgan fingerprint density at radius 1 is 1.53 bits per heavy atom. The van der Waals surface area contributed by atoms with Crippen LogP contribution in [0.4, 0.5) is 0 Å². The Morgan fingerprint density at radius 2 is 2.24 bits per heavy atom. The van der Waals surface area contributed by atoms with Crippen LogP contribution in [0.5, 0.6) is 0 Å². The zero-order valence-corrected chi connectivity index (χ0v) is 11.5. The van der Waals surface area contributed by atoms with Gasteiger partial charge in [-0.15, -0.1) is 0 Å². The van der Waals surface area contributed by atoms with Crippen LogP contribution < -0.4 is 5.32 Å². The van der Waals surface area contributed by atoms with Crippen molar-refractivity contribution in [3.63, 3.8) is 0 Å². The first-order valence-electron chi connectivity index (χ1n) is 5.31. The Balaban J connectivity index is 2.42. The summed E-state index contributed by atoms with van der Waals surface area (Å²) in [7, 11) is 0. The molecule has 0 atom stereocenters. The quantitative estimate of drug-likeness (QED) is 0.658. The Hall–Kier alpha value is -1.14. The van der Waals surface area contributed by atoms with E-state index in [-0.39, 0.29) is 5.91 Å². The molecule has 2 heterocycles. The molecule has 6 heteroatoms. The van der Waals surface area contributed by atoms with Gasteiger partial charge < -0.3 is 5.32 Å². The maximum Gasteiger partial charge on any atom is 0.263 e. The van der Waals surface area contributed by atoms with E-state index in [1.165, 1.54) is 11.8 Å². The highest BCUT2D eigenvalue weighted by Gasteiger charge is 2.23. The lowest BCUT2D eigenvalue weighted by Gasteiger charge is -1.99. The fourth-order valence-corrected chi connectivity index (χ4v) is 2.81. The molecule has 2 rings (SSSR count). The highest BCUT2D eigenvalue weighted by Crippen LogP contribution is 2.27. The number of thioether (sulfide) groups is 1. The van der Waals surface area contributed by atoms with Crippen LogP contribution in [0.2, 0.25) is 0 Å². The zero-order chi connectivity index (χ0) is 12.6. The van der Waals surface area contributed by atoms with Gasteiger partial charge in [-0.2, -0.15) is 5.10 Å². The predicted octanol–water partition coefficient (Wildman–Crippen LogP) is 2.01. The first-order valence-corrected chi connectivity index (χ1v) is 6.54. The van der Waals surface area contributed by atoms with Gasteiger partial charge in [0, 0.05) is 17.8 Å². The number of aromatic nitrogens is 2. The van der Waals surface area contributed by atoms with Gasteiger partial charge in [-0.05, 0) is 26.8 Å². The molecule has 1 aromatic rings. The summed E-state index contributed by atoms with van der Waals surface area (Å²) in [5.74, 6) is -0.122. The number of carbonyl (C=O) groups is 1. The van der Waals surface area contributed by atoms with E-state index in [9.17, 15) is 4.79 Å². The molecule has 0 spiro atoms. The average molecular weight is 267 g/mol. The summed E-state index contributed by atoms with van der Waals surface area (Å²) in [5, 5.41) is 7.02. The maximum atomic E-state index is 11.6. The molecule has 1 N–H and O–H groups in total. The van der Waals surface area contributed by atoms with Crippen molar-refractivity contribution in [2.45, 2.75) is 27.3 Å². The second-order valence-electron chi connectivity index (χ2n) is 3.75. The lowest BCUT2D eigenvalue weighted by molar-refractivity contribution is -0.115. The summed E-state index contributed by atoms with van der Waals surface area (Å²) in [4.78, 5) is 12.2. The minimum atomic E-state index is -0.122. The molecule has 1 fully saturated rings. The Kier molecular flexibility index (Phi) is 3.35. The molecule has 0 radical (unpaired) electrons. The Labute approximate surface area is 109 Å². The number of aryl methyl sites for hydroxylation is 2. The lowest BCUT2D eigenvalue weighted by atomic mass is 10.2. The molecule has 0 bridgehead atoms. The van der Waals surface area contributed by atoms with Gasteiger partial charge in [0.05, 0.1) is 10.6 Å². The molecule has 4 nitrogen and oxygen atoms in total. The zero-order valence-electron chi connectivity index (χ0n) is 9.90. The summed E-state index contributed by atoms with van der Waals surface area (Å²) in [6.07, 6.45) is 1.86. The predicted molar refractivity (Wildman–Crippen MR) is 73.7 cm³/mol. The van der Waals surface area contributed by atoms with E-state index in [0.717, 1.165) is 23.5 Å². The highest BCUT2D eigenvalue weighted by atomic mass is 32.2. The fourth-order valence-electron chi connectivity index (χ4n) is 1.78. The fraction of sp³-hybridized carbons (Fsp3) is 0.364. The van der Waals surface area contributed by atoms with E-state index < -0.39 is 0 Å². The van der Waals surface area contributed by atoms with Gasteiger partial charge in [-0.25, -0.2) is 0 Å². The van der Waals surface area contributed by atoms with Gasteiger partial charge in [-0.3, -0.25) is 9.48 Å². The summed E-state index contributed by atoms with van der Waals surface area (Å²) in [5.41, 5.74) is 3.01. The van der Waals surface area contributed by atoms with Crippen molar-refractivity contribution in [2.24, 2.45) is 0 Å². The maximum absolute atomic E-state index is 11.6. The summed E-state index contributed by atoms with van der Waals surface area (Å²) in [6.45, 7) is 6.82. The van der Waals surface area contributed by atoms with Crippen molar-refractivity contribution in [1.29, 1.82) is 0 Å². The van der Waals surface area contributed by atoms with E-state index >= 15 is 0 Å². The third-order valence-electron chi connectivity index (χ3n) is 2.65. The van der Waals surface area contributed by atoms with Gasteiger partial charge in [0.2, 0.25) is 0 Å². The van der Waals surface area contributed by atoms with E-state index in [1.54, 1.807) is 0 Å². The van der Waals surface area contributed by atoms with Gasteiger partial charge >= 0.3 is 0 Å². The average Bonchev–Trinajstić information content (AvgIpc) is 2.72. The first kappa shape index (κ1) is 12.3. The second kappa shape index (κ2) is 4.62. The molecule has 17 heavy (non-hydrogen) atoms. The minimum absolute atomic E-state index is 0.122. The molecular weight excluding hydrogens is 254 g/mol. The van der Waals surface area contributed by atoms with Gasteiger partial charge in [0.1, 0.15) is 4.32 Å². The standard InChI is InChI=1S/C11H13N3OS2/c1-4-14-7(3)8(6(2)13-14)5-9-10(15)12-11(16)17-9/h5H,4H2,1-3H3,(H,12,15,16)/b9-5+. The van der Waals surface area contributed by atoms with Crippen LogP contribution in [0.1, 0.15) is 23.9 Å². The summed E-state index contributed by atoms with van der Waals surface area (Å²) >= 11 is 6.25. The number of hydrogen-bond acceptors (Lipinski definition) is 4. The summed E-state index contributed by atoms with van der Waals surface area (Å²) < 4.78 is 2.44. The Bertz CT molecular complexity index is 531. The van der Waals surface area contributed by atoms with Crippen LogP contribution in [0.3, 0.4) is 0 Å². The van der Waals surface area contributed by atoms with E-state index in [2.05, 4.69) is 10.4 Å². The van der Waals surface area contributed by atoms with Crippen molar-refractivity contribution in [3.05, 3.63) is 21.9 Å². The Morgan fingerprint density at radius 3 is 2.71 bits per heavy atom. The molecule has 0 aromatic carbocycles. The molecule has 1 aliphatic rings. The number of amides is 1. The van der Waals surface area contributed by atoms with Crippen molar-refractivity contribution in [1.82, 2.24) is 15.1 Å². The summed E-state index contributed by atoms with van der Waals surface area (Å²) in [6, 6.07) is 0. The van der Waals surface area contributed by atoms with Crippen LogP contribution in [-0.2, 0) is 11.3 Å². The lowest BCUT2D eigenvalue weighted by Crippen LogP contribution is -2.17. The molecule has 0 saturated carbocycles. The number of hydrogen-bond donors (Lipinski definition) is 1. The monoisotopic (exact) mass is 267 g/mol. The van der Waals surface area contributed by atoms with Gasteiger partial charge in [0.15, 0.2) is 0 Å². The van der Waals surface area contributed by atoms with Crippen molar-refractivity contribution in [2.75, 3.05) is 0 Å². The van der Waals surface area contributed by atoms with Crippen molar-refractivity contribution in [3.8, 4) is 0 Å². The van der Waals surface area contributed by atoms with Crippen LogP contribution in [0, 0.1) is 13.8 Å². The van der Waals surface area contributed by atoms with Crippen molar-refractivity contribution < 1.29 is 4.79 Å². The van der Waals surface area contributed by atoms with Gasteiger partial charge in [-0.1, -0.05) is 24.0 Å². The number of carbonyl (C=O) groups excluding carboxylic acids is 1. The van der Waals surface area contributed by atoms with E-state index in [1.807, 2.05) is 31.5 Å². The molecular formula is C11H13N3OS2. The van der Waals surface area contributed by atoms with E-state index in [4.69, 9.17) is 12.2 Å². The molecule has 1 aromatic heterocycles. The number of thiocarbonyl (C=S) groups is 1. The topological polar surface area (TPSA) is 46.9 Å². The number of nitrogens with zero attached hydrogens (tertiary/aromatic N) is 2. The largest absolute Gasteiger partial charge is 0.307 e. The molecule has 1 aliphatic heterocycles. The van der Waals surface area contributed by atoms with Crippen LogP contribution in [0.25, 0.3) is 6.08 Å². The van der Waals surface area contributed by atoms with Crippen LogP contribution >= 0.6 is 24.0 Å². The van der Waals surface area contributed by atoms with Crippen LogP contribution in [-0.4, -0.2) is 20.0 Å². The van der Waals surface area contributed by atoms with Crippen molar-refractivity contribution >= 4 is 40.3 Å². The molecule has 90 valence electrons. The van der Waals surface area contributed by atoms with Crippen LogP contribution in [0.15, 0.2) is 4.91 Å². The van der Waals surface area contributed by atoms with E-state index in [0.29, 0.717) is 9.23 Å². The highest BCUT2D eigenvalue weighted by molar-refractivity contribution is 8.26. The SMILES string of the molecule is CCn1nc(C)c(/C=C2/SC(=S)NC2=O)c1C. The normalized spacial score (nSPS) is 17.9. The smallest absolute Gasteiger partial charge is 0.263 e. The minimum Gasteiger partial charge on any atom is -0.307 e. The number of nitrogens with one attached hydrogen (secondary N) is 1. The number of rotatable bonds is 2. The van der Waals surface area contributed by atoms with Gasteiger partial charge in [0.25, 0.3) is 5.91 Å². The first-order chi connectivity index (χ1) is 8.02. The molecule has 0 unspecified atom stereocenters. The molecule has 1 amide bonds. The third-order valence-corrected chi connectivity index (χ3v) is 3.82. The molecule has 1 saturated heterocycles.